The average molecular weight is 214 g/mol. The molecule has 15 heavy (non-hydrogen) atoms. The van der Waals surface area contributed by atoms with Gasteiger partial charge in [-0.1, -0.05) is 13.8 Å². The molecule has 88 valence electrons. The second kappa shape index (κ2) is 4.84. The Balaban J connectivity index is 2.18. The van der Waals surface area contributed by atoms with Gasteiger partial charge in [0.2, 0.25) is 0 Å². The summed E-state index contributed by atoms with van der Waals surface area (Å²) in [4.78, 5) is 11.3. The molecule has 0 aromatic heterocycles. The SMILES string of the molecule is CC(O)CC(C)(C)CNC(=O)NC1CC1. The zero-order chi connectivity index (χ0) is 11.5. The third-order valence-corrected chi connectivity index (χ3v) is 2.49. The van der Waals surface area contributed by atoms with Crippen molar-refractivity contribution >= 4 is 6.03 Å². The van der Waals surface area contributed by atoms with Crippen molar-refractivity contribution in [2.75, 3.05) is 6.54 Å². The van der Waals surface area contributed by atoms with E-state index in [9.17, 15) is 9.90 Å². The molecular formula is C11H22N2O2. The minimum Gasteiger partial charge on any atom is -0.393 e. The van der Waals surface area contributed by atoms with Gasteiger partial charge >= 0.3 is 6.03 Å². The lowest BCUT2D eigenvalue weighted by atomic mass is 9.87. The summed E-state index contributed by atoms with van der Waals surface area (Å²) in [6.45, 7) is 6.44. The third-order valence-electron chi connectivity index (χ3n) is 2.49. The molecule has 1 fully saturated rings. The summed E-state index contributed by atoms with van der Waals surface area (Å²) >= 11 is 0. The fourth-order valence-electron chi connectivity index (χ4n) is 1.66. The number of aliphatic hydroxyl groups is 1. The molecule has 1 atom stereocenters. The second-order valence-corrected chi connectivity index (χ2v) is 5.32. The van der Waals surface area contributed by atoms with Crippen LogP contribution >= 0.6 is 0 Å². The van der Waals surface area contributed by atoms with Crippen LogP contribution in [0.2, 0.25) is 0 Å². The molecule has 0 aromatic rings. The monoisotopic (exact) mass is 214 g/mol. The summed E-state index contributed by atoms with van der Waals surface area (Å²) in [7, 11) is 0. The number of carbonyl (C=O) groups is 1. The van der Waals surface area contributed by atoms with Gasteiger partial charge in [0.15, 0.2) is 0 Å². The highest BCUT2D eigenvalue weighted by atomic mass is 16.3. The quantitative estimate of drug-likeness (QED) is 0.645. The number of hydrogen-bond donors (Lipinski definition) is 3. The van der Waals surface area contributed by atoms with Crippen LogP contribution in [0.4, 0.5) is 4.79 Å². The normalized spacial score (nSPS) is 18.4. The molecule has 0 heterocycles. The van der Waals surface area contributed by atoms with Crippen LogP contribution in [0.25, 0.3) is 0 Å². The Bertz CT molecular complexity index is 223. The fraction of sp³-hybridized carbons (Fsp3) is 0.909. The van der Waals surface area contributed by atoms with E-state index < -0.39 is 0 Å². The van der Waals surface area contributed by atoms with Crippen molar-refractivity contribution in [1.29, 1.82) is 0 Å². The molecule has 1 aliphatic carbocycles. The van der Waals surface area contributed by atoms with Crippen molar-refractivity contribution in [3.63, 3.8) is 0 Å². The summed E-state index contributed by atoms with van der Waals surface area (Å²) in [6.07, 6.45) is 2.57. The van der Waals surface area contributed by atoms with Crippen LogP contribution in [0.5, 0.6) is 0 Å². The van der Waals surface area contributed by atoms with Crippen LogP contribution in [0.3, 0.4) is 0 Å². The first-order valence-corrected chi connectivity index (χ1v) is 5.61. The smallest absolute Gasteiger partial charge is 0.315 e. The van der Waals surface area contributed by atoms with Crippen molar-refractivity contribution in [3.8, 4) is 0 Å². The van der Waals surface area contributed by atoms with E-state index in [1.807, 2.05) is 13.8 Å². The summed E-state index contributed by atoms with van der Waals surface area (Å²) < 4.78 is 0. The zero-order valence-corrected chi connectivity index (χ0v) is 9.84. The number of carbonyl (C=O) groups excluding carboxylic acids is 1. The Morgan fingerprint density at radius 3 is 2.60 bits per heavy atom. The fourth-order valence-corrected chi connectivity index (χ4v) is 1.66. The number of urea groups is 1. The Labute approximate surface area is 91.4 Å². The molecule has 1 aliphatic rings. The van der Waals surface area contributed by atoms with E-state index in [1.165, 1.54) is 0 Å². The van der Waals surface area contributed by atoms with Crippen molar-refractivity contribution in [3.05, 3.63) is 0 Å². The van der Waals surface area contributed by atoms with Gasteiger partial charge in [0, 0.05) is 12.6 Å². The van der Waals surface area contributed by atoms with Gasteiger partial charge in [-0.15, -0.1) is 0 Å². The minimum absolute atomic E-state index is 0.0605. The van der Waals surface area contributed by atoms with Gasteiger partial charge in [0.1, 0.15) is 0 Å². The van der Waals surface area contributed by atoms with Crippen LogP contribution < -0.4 is 10.6 Å². The van der Waals surface area contributed by atoms with E-state index in [1.54, 1.807) is 6.92 Å². The molecule has 0 radical (unpaired) electrons. The Morgan fingerprint density at radius 2 is 2.13 bits per heavy atom. The second-order valence-electron chi connectivity index (χ2n) is 5.32. The van der Waals surface area contributed by atoms with Gasteiger partial charge in [0.25, 0.3) is 0 Å². The lowest BCUT2D eigenvalue weighted by Gasteiger charge is -2.26. The lowest BCUT2D eigenvalue weighted by Crippen LogP contribution is -2.42. The van der Waals surface area contributed by atoms with Crippen molar-refractivity contribution in [1.82, 2.24) is 10.6 Å². The molecular weight excluding hydrogens is 192 g/mol. The van der Waals surface area contributed by atoms with Gasteiger partial charge in [-0.2, -0.15) is 0 Å². The van der Waals surface area contributed by atoms with Crippen LogP contribution in [0.1, 0.15) is 40.0 Å². The highest BCUT2D eigenvalue weighted by molar-refractivity contribution is 5.74. The number of nitrogens with one attached hydrogen (secondary N) is 2. The maximum atomic E-state index is 11.3. The zero-order valence-electron chi connectivity index (χ0n) is 9.84. The van der Waals surface area contributed by atoms with Crippen LogP contribution in [-0.4, -0.2) is 29.8 Å². The first kappa shape index (κ1) is 12.3. The third kappa shape index (κ3) is 5.62. The van der Waals surface area contributed by atoms with E-state index in [2.05, 4.69) is 10.6 Å². The topological polar surface area (TPSA) is 61.4 Å². The van der Waals surface area contributed by atoms with Crippen molar-refractivity contribution < 1.29 is 9.90 Å². The molecule has 0 spiro atoms. The molecule has 1 saturated carbocycles. The summed E-state index contributed by atoms with van der Waals surface area (Å²) in [5.74, 6) is 0. The highest BCUT2D eigenvalue weighted by Crippen LogP contribution is 2.21. The molecule has 0 aliphatic heterocycles. The molecule has 3 N–H and O–H groups in total. The molecule has 4 heteroatoms. The van der Waals surface area contributed by atoms with Gasteiger partial charge in [-0.25, -0.2) is 4.79 Å². The highest BCUT2D eigenvalue weighted by Gasteiger charge is 2.25. The van der Waals surface area contributed by atoms with Gasteiger partial charge in [-0.3, -0.25) is 0 Å². The predicted octanol–water partition coefficient (Wildman–Crippen LogP) is 1.25. The van der Waals surface area contributed by atoms with E-state index >= 15 is 0 Å². The number of aliphatic hydroxyl groups excluding tert-OH is 1. The maximum Gasteiger partial charge on any atom is 0.315 e. The van der Waals surface area contributed by atoms with E-state index in [0.29, 0.717) is 19.0 Å². The van der Waals surface area contributed by atoms with Crippen molar-refractivity contribution in [2.24, 2.45) is 5.41 Å². The van der Waals surface area contributed by atoms with Crippen molar-refractivity contribution in [2.45, 2.75) is 52.2 Å². The molecule has 1 unspecified atom stereocenters. The Kier molecular flexibility index (Phi) is 3.97. The maximum absolute atomic E-state index is 11.3. The van der Waals surface area contributed by atoms with E-state index in [-0.39, 0.29) is 17.6 Å². The molecule has 0 bridgehead atoms. The van der Waals surface area contributed by atoms with Crippen LogP contribution in [0.15, 0.2) is 0 Å². The Morgan fingerprint density at radius 1 is 1.53 bits per heavy atom. The van der Waals surface area contributed by atoms with E-state index in [4.69, 9.17) is 0 Å². The number of hydrogen-bond acceptors (Lipinski definition) is 2. The molecule has 4 nitrogen and oxygen atoms in total. The first-order valence-electron chi connectivity index (χ1n) is 5.61. The van der Waals surface area contributed by atoms with Crippen LogP contribution in [0, 0.1) is 5.41 Å². The van der Waals surface area contributed by atoms with Gasteiger partial charge in [-0.05, 0) is 31.6 Å². The van der Waals surface area contributed by atoms with Crippen LogP contribution in [-0.2, 0) is 0 Å². The van der Waals surface area contributed by atoms with Gasteiger partial charge < -0.3 is 15.7 Å². The lowest BCUT2D eigenvalue weighted by molar-refractivity contribution is 0.129. The van der Waals surface area contributed by atoms with E-state index in [0.717, 1.165) is 12.8 Å². The molecule has 0 aromatic carbocycles. The number of amides is 2. The predicted molar refractivity (Wildman–Crippen MR) is 59.6 cm³/mol. The van der Waals surface area contributed by atoms with Gasteiger partial charge in [0.05, 0.1) is 6.10 Å². The number of rotatable bonds is 5. The summed E-state index contributed by atoms with van der Waals surface area (Å²) in [6, 6.07) is 0.307. The summed E-state index contributed by atoms with van der Waals surface area (Å²) in [5, 5.41) is 15.0. The molecule has 1 rings (SSSR count). The standard InChI is InChI=1S/C11H22N2O2/c1-8(14)6-11(2,3)7-12-10(15)13-9-4-5-9/h8-9,14H,4-7H2,1-3H3,(H2,12,13,15). The first-order chi connectivity index (χ1) is 6.89. The largest absolute Gasteiger partial charge is 0.393 e. The minimum atomic E-state index is -0.326. The molecule has 2 amide bonds. The average Bonchev–Trinajstić information content (AvgIpc) is 2.82. The summed E-state index contributed by atoms with van der Waals surface area (Å²) in [5.41, 5.74) is -0.0605. The Hall–Kier alpha value is -0.770. The molecule has 0 saturated heterocycles.